The van der Waals surface area contributed by atoms with Crippen LogP contribution in [0.3, 0.4) is 0 Å². The number of imidazole rings is 2. The van der Waals surface area contributed by atoms with Crippen LogP contribution < -0.4 is 10.2 Å². The van der Waals surface area contributed by atoms with Crippen molar-refractivity contribution in [2.24, 2.45) is 0 Å². The van der Waals surface area contributed by atoms with Gasteiger partial charge in [0.05, 0.1) is 6.33 Å². The van der Waals surface area contributed by atoms with Gasteiger partial charge in [0, 0.05) is 66.6 Å². The Morgan fingerprint density at radius 3 is 1.74 bits per heavy atom. The second kappa shape index (κ2) is 39.2. The predicted octanol–water partition coefficient (Wildman–Crippen LogP) is 2.42. The Morgan fingerprint density at radius 2 is 1.39 bits per heavy atom. The van der Waals surface area contributed by atoms with Crippen molar-refractivity contribution in [3.05, 3.63) is 97.2 Å². The molecule has 0 saturated heterocycles. The summed E-state index contributed by atoms with van der Waals surface area (Å²) in [6.45, 7) is 7.92. The molecule has 0 saturated carbocycles. The van der Waals surface area contributed by atoms with Gasteiger partial charge in [-0.3, -0.25) is 10.5 Å². The molecule has 2 amide bonds. The van der Waals surface area contributed by atoms with Crippen LogP contribution in [0.25, 0.3) is 22.1 Å². The average Bonchev–Trinajstić information content (AvgIpc) is 3.59. The average molecular weight is 632 g/mol. The maximum absolute atomic E-state index is 11.2. The van der Waals surface area contributed by atoms with Crippen LogP contribution in [0.1, 0.15) is 24.2 Å². The minimum atomic E-state index is -0.863. The van der Waals surface area contributed by atoms with E-state index in [2.05, 4.69) is 44.4 Å². The Labute approximate surface area is 243 Å². The fraction of sp³-hybridized carbons (Fsp3) is 0.400. The van der Waals surface area contributed by atoms with Gasteiger partial charge in [0.1, 0.15) is 0 Å². The minimum absolute atomic E-state index is 0. The molecule has 18 heteroatoms. The molecular weight excluding hydrogens is 598 g/mol. The molecule has 0 aliphatic heterocycles. The molecule has 2 heterocycles. The van der Waals surface area contributed by atoms with Crippen molar-refractivity contribution in [2.45, 2.75) is 37.8 Å². The zero-order valence-electron chi connectivity index (χ0n) is 20.9. The van der Waals surface area contributed by atoms with Gasteiger partial charge < -0.3 is 85.9 Å². The molecule has 6 N–H and O–H groups in total. The first kappa shape index (κ1) is 52.2. The van der Waals surface area contributed by atoms with Gasteiger partial charge in [-0.15, -0.1) is 0 Å². The van der Waals surface area contributed by atoms with Crippen molar-refractivity contribution in [3.8, 4) is 0 Å². The third-order valence-corrected chi connectivity index (χ3v) is 3.35. The third kappa shape index (κ3) is 28.3. The summed E-state index contributed by atoms with van der Waals surface area (Å²) in [6.07, 6.45) is 7.86. The molecule has 0 bridgehead atoms. The molecule has 0 fully saturated rings. The molecule has 2 atom stereocenters. The zero-order valence-corrected chi connectivity index (χ0v) is 22.8. The summed E-state index contributed by atoms with van der Waals surface area (Å²) >= 11 is 0. The summed E-state index contributed by atoms with van der Waals surface area (Å²) in [4.78, 5) is 50.7. The summed E-state index contributed by atoms with van der Waals surface area (Å²) in [6, 6.07) is -1.69. The summed E-state index contributed by atoms with van der Waals surface area (Å²) in [5.74, 6) is -0.792. The Kier molecular flexibility index (Phi) is 53.9. The first-order valence-corrected chi connectivity index (χ1v) is 9.35. The van der Waals surface area contributed by atoms with Crippen LogP contribution in [0.15, 0.2) is 25.0 Å². The number of aromatic amines is 1. The predicted molar refractivity (Wildman–Crippen MR) is 134 cm³/mol. The quantitative estimate of drug-likeness (QED) is 0.128. The van der Waals surface area contributed by atoms with E-state index in [9.17, 15) is 9.59 Å². The van der Waals surface area contributed by atoms with Gasteiger partial charge in [0.25, 0.3) is 0 Å². The summed E-state index contributed by atoms with van der Waals surface area (Å²) in [5.41, 5.74) is 16.5. The fourth-order valence-corrected chi connectivity index (χ4v) is 1.96. The zero-order chi connectivity index (χ0) is 26.8. The Balaban J connectivity index is -0.0000000775. The number of nitrogens with zero attached hydrogens (tertiary/aromatic N) is 5. The SMILES string of the molecule is O=O.OO.[CH2-]CC[N-]C(=O)[C@@H]([NH-])Cc1cnc[n-]1.[CH2-]CC[N-]C(=O)[C@@H]([NH-])Cc1cnc[nH]1.[CH3-].[CH3-].[Ni].[Ni].[O-]O. The number of rotatable bonds is 10. The molecule has 0 aliphatic rings. The minimum Gasteiger partial charge on any atom is -0.727 e. The van der Waals surface area contributed by atoms with Crippen molar-refractivity contribution in [1.29, 1.82) is 0 Å². The van der Waals surface area contributed by atoms with Gasteiger partial charge in [-0.25, -0.2) is 4.98 Å². The smallest absolute Gasteiger partial charge is 0.0921 e. The van der Waals surface area contributed by atoms with Crippen LogP contribution >= 0.6 is 0 Å². The largest absolute Gasteiger partial charge is 0.727 e. The van der Waals surface area contributed by atoms with Crippen molar-refractivity contribution in [2.75, 3.05) is 13.1 Å². The number of carbonyl (C=O) groups excluding carboxylic acids is 2. The van der Waals surface area contributed by atoms with E-state index in [0.717, 1.165) is 5.69 Å². The van der Waals surface area contributed by atoms with E-state index < -0.39 is 18.0 Å². The van der Waals surface area contributed by atoms with E-state index in [1.807, 2.05) is 0 Å². The number of carbonyl (C=O) groups is 2. The fourth-order valence-electron chi connectivity index (χ4n) is 1.96. The molecule has 38 heavy (non-hydrogen) atoms. The molecule has 0 aliphatic carbocycles. The molecular formula is C20H34N8Ni2O8-10. The third-order valence-electron chi connectivity index (χ3n) is 3.35. The van der Waals surface area contributed by atoms with Crippen LogP contribution in [-0.4, -0.2) is 67.7 Å². The summed E-state index contributed by atoms with van der Waals surface area (Å²) in [5, 5.41) is 32.4. The van der Waals surface area contributed by atoms with E-state index in [-0.39, 0.29) is 60.2 Å². The first-order valence-electron chi connectivity index (χ1n) is 9.35. The number of amides is 2. The summed E-state index contributed by atoms with van der Waals surface area (Å²) in [7, 11) is 0. The van der Waals surface area contributed by atoms with Crippen LogP contribution in [0, 0.1) is 38.6 Å². The van der Waals surface area contributed by atoms with Gasteiger partial charge in [-0.1, -0.05) is 30.3 Å². The van der Waals surface area contributed by atoms with E-state index >= 15 is 0 Å². The Hall–Kier alpha value is -2.29. The van der Waals surface area contributed by atoms with Crippen molar-refractivity contribution in [1.82, 2.24) is 19.9 Å². The number of nitrogens with one attached hydrogen (secondary N) is 3. The number of hydrogen-bond acceptors (Lipinski definition) is 10. The molecule has 0 aromatic carbocycles. The normalized spacial score (nSPS) is 9.58. The first-order chi connectivity index (χ1) is 16.5. The van der Waals surface area contributed by atoms with E-state index in [1.165, 1.54) is 12.7 Å². The molecule has 16 nitrogen and oxygen atoms in total. The molecule has 2 rings (SSSR count). The molecule has 0 unspecified atom stereocenters. The van der Waals surface area contributed by atoms with Gasteiger partial charge >= 0.3 is 0 Å². The van der Waals surface area contributed by atoms with Gasteiger partial charge in [-0.05, 0) is 12.8 Å². The molecule has 2 aromatic heterocycles. The van der Waals surface area contributed by atoms with Crippen LogP contribution in [0.4, 0.5) is 0 Å². The maximum Gasteiger partial charge on any atom is 0.0921 e. The Morgan fingerprint density at radius 1 is 0.947 bits per heavy atom. The van der Waals surface area contributed by atoms with Gasteiger partial charge in [-0.2, -0.15) is 25.9 Å². The van der Waals surface area contributed by atoms with Crippen molar-refractivity contribution >= 4 is 11.8 Å². The number of H-pyrrole nitrogens is 1. The van der Waals surface area contributed by atoms with Crippen molar-refractivity contribution < 1.29 is 63.6 Å². The Bertz CT molecular complexity index is 643. The standard InChI is InChI=1S/C9H14N4O.C9H13N4O.2CH3.2Ni.2H2O2.O2/c2*1-2-3-12-9(14)8(10)4-7-5-11-6-13-7;;;;;3*1-2/h5-6,8,10H,1-4H2,(H2,11,12,13,14);5-6,8,10H,1-4H2,(H-,11,12,13,14);2*1H3;;;2*1-2H;/q-2;-3;2*-1;;;;;/p-3/t2*8-;;;;;;;/m00......./s1. The van der Waals surface area contributed by atoms with Crippen LogP contribution in [0.5, 0.6) is 0 Å². The molecule has 0 spiro atoms. The van der Waals surface area contributed by atoms with Gasteiger partial charge in [0.15, 0.2) is 0 Å². The number of hydrogen-bond donors (Lipinski definition) is 4. The second-order valence-corrected chi connectivity index (χ2v) is 5.75. The maximum atomic E-state index is 11.2. The van der Waals surface area contributed by atoms with Crippen LogP contribution in [-0.2, 0) is 55.4 Å². The summed E-state index contributed by atoms with van der Waals surface area (Å²) < 4.78 is 0. The van der Waals surface area contributed by atoms with E-state index in [1.54, 1.807) is 12.4 Å². The second-order valence-electron chi connectivity index (χ2n) is 5.75. The molecule has 232 valence electrons. The van der Waals surface area contributed by atoms with E-state index in [4.69, 9.17) is 42.4 Å². The van der Waals surface area contributed by atoms with Crippen LogP contribution in [0.2, 0.25) is 0 Å². The number of aromatic nitrogens is 4. The van der Waals surface area contributed by atoms with Crippen molar-refractivity contribution in [3.63, 3.8) is 0 Å². The monoisotopic (exact) mass is 630 g/mol. The van der Waals surface area contributed by atoms with E-state index in [0.29, 0.717) is 38.0 Å². The molecule has 0 radical (unpaired) electrons. The molecule has 2 aromatic rings. The van der Waals surface area contributed by atoms with Gasteiger partial charge in [0.2, 0.25) is 0 Å². The topological polar surface area (TPSA) is 284 Å².